The predicted octanol–water partition coefficient (Wildman–Crippen LogP) is 2.50. The number of para-hydroxylation sites is 1. The normalized spacial score (nSPS) is 17.0. The van der Waals surface area contributed by atoms with Crippen molar-refractivity contribution < 1.29 is 9.59 Å². The molecule has 1 aromatic carbocycles. The van der Waals surface area contributed by atoms with Crippen LogP contribution in [0.1, 0.15) is 23.0 Å². The molecule has 0 spiro atoms. The number of hydrogen-bond donors (Lipinski definition) is 0. The lowest BCUT2D eigenvalue weighted by Crippen LogP contribution is -2.32. The van der Waals surface area contributed by atoms with E-state index in [2.05, 4.69) is 15.2 Å². The van der Waals surface area contributed by atoms with Crippen LogP contribution in [0, 0.1) is 12.8 Å². The Balaban J connectivity index is 1.69. The number of hydrazone groups is 1. The molecule has 1 amide bonds. The number of ketones is 1. The Morgan fingerprint density at radius 1 is 1.15 bits per heavy atom. The van der Waals surface area contributed by atoms with Gasteiger partial charge in [0.2, 0.25) is 0 Å². The molecule has 3 heterocycles. The molecule has 0 unspecified atom stereocenters. The number of amides is 1. The number of carbonyl (C=O) groups excluding carboxylic acids is 2. The van der Waals surface area contributed by atoms with Crippen molar-refractivity contribution in [1.82, 2.24) is 14.8 Å². The number of fused-ring (bicyclic) bond motifs is 1. The zero-order valence-corrected chi connectivity index (χ0v) is 14.7. The van der Waals surface area contributed by atoms with Crippen LogP contribution < -0.4 is 5.01 Å². The Bertz CT molecular complexity index is 1070. The van der Waals surface area contributed by atoms with Gasteiger partial charge in [-0.2, -0.15) is 15.2 Å². The molecule has 0 bridgehead atoms. The maximum absolute atomic E-state index is 13.0. The highest BCUT2D eigenvalue weighted by molar-refractivity contribution is 6.30. The lowest BCUT2D eigenvalue weighted by atomic mass is 9.94. The molecule has 4 rings (SSSR count). The monoisotopic (exact) mass is 347 g/mol. The Labute approximate surface area is 149 Å². The van der Waals surface area contributed by atoms with Crippen molar-refractivity contribution in [2.75, 3.05) is 5.01 Å². The van der Waals surface area contributed by atoms with E-state index >= 15 is 0 Å². The fourth-order valence-electron chi connectivity index (χ4n) is 3.23. The van der Waals surface area contributed by atoms with E-state index in [9.17, 15) is 9.59 Å². The van der Waals surface area contributed by atoms with Gasteiger partial charge in [0.25, 0.3) is 5.91 Å². The molecular formula is C19H17N5O2. The third kappa shape index (κ3) is 2.40. The van der Waals surface area contributed by atoms with Crippen molar-refractivity contribution in [3.63, 3.8) is 0 Å². The molecule has 7 heteroatoms. The van der Waals surface area contributed by atoms with Crippen molar-refractivity contribution in [1.29, 1.82) is 0 Å². The molecule has 3 aromatic rings. The molecule has 0 saturated heterocycles. The number of aryl methyl sites for hydroxylation is 2. The quantitative estimate of drug-likeness (QED) is 0.538. The second-order valence-electron chi connectivity index (χ2n) is 6.33. The predicted molar refractivity (Wildman–Crippen MR) is 98.1 cm³/mol. The number of pyridine rings is 1. The number of rotatable bonds is 3. The fourth-order valence-corrected chi connectivity index (χ4v) is 3.23. The average molecular weight is 347 g/mol. The molecule has 0 radical (unpaired) electrons. The number of carbonyl (C=O) groups is 2. The van der Waals surface area contributed by atoms with E-state index in [1.165, 1.54) is 11.2 Å². The standard InChI is InChI=1S/C19H17N5O2/c1-11-15-9-13(10-20-18(15)23(3)21-11)17(25)16-12(2)22-24(19(16)26)14-7-5-4-6-8-14/h4-10,16H,1-3H3/t16-/m1/s1. The van der Waals surface area contributed by atoms with Gasteiger partial charge in [-0.1, -0.05) is 18.2 Å². The number of nitrogens with zero attached hydrogens (tertiary/aromatic N) is 5. The van der Waals surface area contributed by atoms with Crippen LogP contribution in [-0.4, -0.2) is 32.2 Å². The van der Waals surface area contributed by atoms with Crippen molar-refractivity contribution >= 4 is 34.1 Å². The lowest BCUT2D eigenvalue weighted by Gasteiger charge is -2.13. The minimum Gasteiger partial charge on any atom is -0.293 e. The molecular weight excluding hydrogens is 330 g/mol. The van der Waals surface area contributed by atoms with Gasteiger partial charge in [0.15, 0.2) is 11.4 Å². The first-order valence-corrected chi connectivity index (χ1v) is 8.25. The summed E-state index contributed by atoms with van der Waals surface area (Å²) in [6.07, 6.45) is 1.50. The number of anilines is 1. The number of Topliss-reactive ketones (excluding diaryl/α,β-unsaturated/α-hetero) is 1. The van der Waals surface area contributed by atoms with Crippen molar-refractivity contribution in [2.24, 2.45) is 18.1 Å². The SMILES string of the molecule is CC1=NN(c2ccccc2)C(=O)[C@H]1C(=O)c1cnc2c(c1)c(C)nn2C. The Hall–Kier alpha value is -3.35. The highest BCUT2D eigenvalue weighted by atomic mass is 16.2. The van der Waals surface area contributed by atoms with Gasteiger partial charge in [0.05, 0.1) is 17.1 Å². The highest BCUT2D eigenvalue weighted by Gasteiger charge is 2.40. The average Bonchev–Trinajstić information content (AvgIpc) is 3.10. The summed E-state index contributed by atoms with van der Waals surface area (Å²) < 4.78 is 1.67. The van der Waals surface area contributed by atoms with E-state index in [-0.39, 0.29) is 11.7 Å². The van der Waals surface area contributed by atoms with Crippen LogP contribution in [0.5, 0.6) is 0 Å². The molecule has 0 fully saturated rings. The first kappa shape index (κ1) is 16.1. The Morgan fingerprint density at radius 2 is 1.88 bits per heavy atom. The molecule has 2 aromatic heterocycles. The van der Waals surface area contributed by atoms with Crippen LogP contribution in [0.4, 0.5) is 5.69 Å². The van der Waals surface area contributed by atoms with E-state index in [0.717, 1.165) is 11.1 Å². The molecule has 0 N–H and O–H groups in total. The fraction of sp³-hybridized carbons (Fsp3) is 0.211. The molecule has 26 heavy (non-hydrogen) atoms. The van der Waals surface area contributed by atoms with Gasteiger partial charge in [0.1, 0.15) is 5.92 Å². The first-order chi connectivity index (χ1) is 12.5. The van der Waals surface area contributed by atoms with Crippen molar-refractivity contribution in [3.05, 3.63) is 53.9 Å². The van der Waals surface area contributed by atoms with Crippen LogP contribution in [-0.2, 0) is 11.8 Å². The maximum Gasteiger partial charge on any atom is 0.264 e. The Morgan fingerprint density at radius 3 is 2.62 bits per heavy atom. The van der Waals surface area contributed by atoms with Crippen LogP contribution >= 0.6 is 0 Å². The third-order valence-corrected chi connectivity index (χ3v) is 4.54. The minimum atomic E-state index is -0.925. The maximum atomic E-state index is 13.0. The molecule has 0 saturated carbocycles. The van der Waals surface area contributed by atoms with Gasteiger partial charge in [-0.3, -0.25) is 14.3 Å². The summed E-state index contributed by atoms with van der Waals surface area (Å²) in [4.78, 5) is 30.2. The molecule has 0 aliphatic carbocycles. The van der Waals surface area contributed by atoms with Crippen molar-refractivity contribution in [2.45, 2.75) is 13.8 Å². The van der Waals surface area contributed by atoms with Crippen LogP contribution in [0.25, 0.3) is 11.0 Å². The number of benzene rings is 1. The van der Waals surface area contributed by atoms with Gasteiger partial charge in [-0.15, -0.1) is 0 Å². The molecule has 130 valence electrons. The van der Waals surface area contributed by atoms with Gasteiger partial charge >= 0.3 is 0 Å². The number of aromatic nitrogens is 3. The van der Waals surface area contributed by atoms with Gasteiger partial charge in [0, 0.05) is 24.2 Å². The van der Waals surface area contributed by atoms with E-state index in [1.807, 2.05) is 25.1 Å². The summed E-state index contributed by atoms with van der Waals surface area (Å²) in [7, 11) is 1.80. The van der Waals surface area contributed by atoms with Gasteiger partial charge in [-0.25, -0.2) is 4.98 Å². The summed E-state index contributed by atoms with van der Waals surface area (Å²) in [5.41, 5.74) is 3.00. The van der Waals surface area contributed by atoms with Gasteiger partial charge in [-0.05, 0) is 32.0 Å². The highest BCUT2D eigenvalue weighted by Crippen LogP contribution is 2.27. The van der Waals surface area contributed by atoms with Crippen LogP contribution in [0.2, 0.25) is 0 Å². The number of hydrogen-bond acceptors (Lipinski definition) is 5. The molecule has 7 nitrogen and oxygen atoms in total. The molecule has 1 aliphatic heterocycles. The zero-order valence-electron chi connectivity index (χ0n) is 14.7. The van der Waals surface area contributed by atoms with E-state index in [0.29, 0.717) is 22.6 Å². The topological polar surface area (TPSA) is 80.5 Å². The smallest absolute Gasteiger partial charge is 0.264 e. The lowest BCUT2D eigenvalue weighted by molar-refractivity contribution is -0.118. The summed E-state index contributed by atoms with van der Waals surface area (Å²) >= 11 is 0. The van der Waals surface area contributed by atoms with Crippen LogP contribution in [0.3, 0.4) is 0 Å². The first-order valence-electron chi connectivity index (χ1n) is 8.25. The van der Waals surface area contributed by atoms with Crippen molar-refractivity contribution in [3.8, 4) is 0 Å². The second-order valence-corrected chi connectivity index (χ2v) is 6.33. The zero-order chi connectivity index (χ0) is 18.4. The Kier molecular flexibility index (Phi) is 3.64. The summed E-state index contributed by atoms with van der Waals surface area (Å²) in [6, 6.07) is 10.8. The largest absolute Gasteiger partial charge is 0.293 e. The molecule has 1 atom stereocenters. The third-order valence-electron chi connectivity index (χ3n) is 4.54. The summed E-state index contributed by atoms with van der Waals surface area (Å²) in [5.74, 6) is -1.57. The second kappa shape index (κ2) is 5.87. The van der Waals surface area contributed by atoms with E-state index < -0.39 is 5.92 Å². The molecule has 1 aliphatic rings. The van der Waals surface area contributed by atoms with Gasteiger partial charge < -0.3 is 0 Å². The minimum absolute atomic E-state index is 0.299. The van der Waals surface area contributed by atoms with E-state index in [4.69, 9.17) is 0 Å². The summed E-state index contributed by atoms with van der Waals surface area (Å²) in [6.45, 7) is 3.56. The summed E-state index contributed by atoms with van der Waals surface area (Å²) in [5, 5.41) is 10.7. The van der Waals surface area contributed by atoms with Crippen LogP contribution in [0.15, 0.2) is 47.7 Å². The van der Waals surface area contributed by atoms with E-state index in [1.54, 1.807) is 36.9 Å².